The van der Waals surface area contributed by atoms with Gasteiger partial charge in [0.15, 0.2) is 0 Å². The molecule has 0 unspecified atom stereocenters. The van der Waals surface area contributed by atoms with Crippen molar-refractivity contribution in [3.05, 3.63) is 6.42 Å². The molecule has 0 aromatic heterocycles. The fourth-order valence-corrected chi connectivity index (χ4v) is 4.61. The number of hydrogen-bond acceptors (Lipinski definition) is 0. The van der Waals surface area contributed by atoms with Gasteiger partial charge in [0.2, 0.25) is 0 Å². The van der Waals surface area contributed by atoms with Crippen molar-refractivity contribution in [1.82, 2.24) is 0 Å². The van der Waals surface area contributed by atoms with Crippen LogP contribution in [-0.2, 0) is 0 Å². The van der Waals surface area contributed by atoms with Crippen LogP contribution >= 0.6 is 7.92 Å². The molecule has 0 atom stereocenters. The minimum atomic E-state index is 0.447. The maximum Gasteiger partial charge on any atom is -0.0291 e. The maximum absolute atomic E-state index is 2.49. The molecule has 2 rings (SSSR count). The van der Waals surface area contributed by atoms with E-state index in [1.165, 1.54) is 25.7 Å². The predicted molar refractivity (Wildman–Crippen MR) is 57.0 cm³/mol. The molecule has 0 aromatic rings. The van der Waals surface area contributed by atoms with Gasteiger partial charge < -0.3 is 0 Å². The first-order chi connectivity index (χ1) is 5.81. The van der Waals surface area contributed by atoms with E-state index >= 15 is 0 Å². The van der Waals surface area contributed by atoms with Crippen molar-refractivity contribution >= 4 is 7.92 Å². The molecule has 1 aliphatic carbocycles. The highest BCUT2D eigenvalue weighted by atomic mass is 31.1. The Morgan fingerprint density at radius 2 is 1.58 bits per heavy atom. The van der Waals surface area contributed by atoms with Gasteiger partial charge in [0.05, 0.1) is 0 Å². The lowest BCUT2D eigenvalue weighted by Gasteiger charge is -2.42. The van der Waals surface area contributed by atoms with E-state index in [1.54, 1.807) is 25.2 Å². The van der Waals surface area contributed by atoms with Gasteiger partial charge in [0.25, 0.3) is 0 Å². The van der Waals surface area contributed by atoms with Gasteiger partial charge in [-0.15, -0.1) is 7.92 Å². The summed E-state index contributed by atoms with van der Waals surface area (Å²) in [6.07, 6.45) is 14.6. The van der Waals surface area contributed by atoms with Crippen molar-refractivity contribution in [2.24, 2.45) is 5.41 Å². The molecule has 1 radical (unpaired) electrons. The fraction of sp³-hybridized carbons (Fsp3) is 0.909. The van der Waals surface area contributed by atoms with E-state index < -0.39 is 0 Å². The third-order valence-corrected chi connectivity index (χ3v) is 5.78. The van der Waals surface area contributed by atoms with E-state index in [0.717, 1.165) is 5.41 Å². The zero-order chi connectivity index (χ0) is 8.44. The lowest BCUT2D eigenvalue weighted by Crippen LogP contribution is -2.29. The second kappa shape index (κ2) is 3.66. The molecule has 0 nitrogen and oxygen atoms in total. The van der Waals surface area contributed by atoms with Crippen LogP contribution in [0.2, 0.25) is 0 Å². The SMILES string of the molecule is CP1CCC2(CC[CH]CC2)CC1. The second-order valence-corrected chi connectivity index (χ2v) is 7.28. The van der Waals surface area contributed by atoms with Crippen molar-refractivity contribution < 1.29 is 0 Å². The third kappa shape index (κ3) is 1.84. The third-order valence-electron chi connectivity index (χ3n) is 3.81. The molecule has 2 aliphatic rings. The van der Waals surface area contributed by atoms with Crippen molar-refractivity contribution in [3.8, 4) is 0 Å². The molecule has 1 saturated heterocycles. The highest BCUT2D eigenvalue weighted by molar-refractivity contribution is 7.56. The molecule has 1 heterocycles. The summed E-state index contributed by atoms with van der Waals surface area (Å²) in [5.41, 5.74) is 0.823. The van der Waals surface area contributed by atoms with Gasteiger partial charge in [-0.25, -0.2) is 0 Å². The van der Waals surface area contributed by atoms with E-state index in [-0.39, 0.29) is 0 Å². The van der Waals surface area contributed by atoms with Crippen molar-refractivity contribution in [2.75, 3.05) is 19.0 Å². The largest absolute Gasteiger partial charge is 0.110 e. The van der Waals surface area contributed by atoms with Crippen molar-refractivity contribution in [1.29, 1.82) is 0 Å². The Labute approximate surface area is 77.9 Å². The van der Waals surface area contributed by atoms with Crippen LogP contribution in [-0.4, -0.2) is 19.0 Å². The fourth-order valence-electron chi connectivity index (χ4n) is 2.68. The molecule has 69 valence electrons. The normalized spacial score (nSPS) is 30.8. The lowest BCUT2D eigenvalue weighted by molar-refractivity contribution is 0.192. The first-order valence-electron chi connectivity index (χ1n) is 5.31. The Balaban J connectivity index is 1.92. The van der Waals surface area contributed by atoms with E-state index in [0.29, 0.717) is 7.92 Å². The van der Waals surface area contributed by atoms with Gasteiger partial charge >= 0.3 is 0 Å². The minimum Gasteiger partial charge on any atom is -0.110 e. The minimum absolute atomic E-state index is 0.447. The van der Waals surface area contributed by atoms with Crippen LogP contribution in [0.25, 0.3) is 0 Å². The Bertz CT molecular complexity index is 137. The molecule has 0 bridgehead atoms. The van der Waals surface area contributed by atoms with Gasteiger partial charge in [-0.05, 0) is 69.3 Å². The van der Waals surface area contributed by atoms with Gasteiger partial charge in [0, 0.05) is 0 Å². The average molecular weight is 183 g/mol. The highest BCUT2D eigenvalue weighted by Crippen LogP contribution is 2.52. The molecule has 0 amide bonds. The second-order valence-electron chi connectivity index (χ2n) is 4.67. The van der Waals surface area contributed by atoms with Crippen molar-refractivity contribution in [2.45, 2.75) is 38.5 Å². The Kier molecular flexibility index (Phi) is 2.75. The first kappa shape index (κ1) is 9.00. The van der Waals surface area contributed by atoms with Gasteiger partial charge in [-0.1, -0.05) is 0 Å². The topological polar surface area (TPSA) is 0 Å². The van der Waals surface area contributed by atoms with Crippen LogP contribution in [0.5, 0.6) is 0 Å². The molecule has 2 fully saturated rings. The summed E-state index contributed by atoms with van der Waals surface area (Å²) in [5.74, 6) is 0. The van der Waals surface area contributed by atoms with E-state index in [1.807, 2.05) is 0 Å². The zero-order valence-corrected chi connectivity index (χ0v) is 9.08. The Hall–Kier alpha value is 0.430. The summed E-state index contributed by atoms with van der Waals surface area (Å²) in [4.78, 5) is 0. The van der Waals surface area contributed by atoms with Crippen LogP contribution in [0.1, 0.15) is 38.5 Å². The van der Waals surface area contributed by atoms with Crippen LogP contribution < -0.4 is 0 Å². The van der Waals surface area contributed by atoms with Crippen LogP contribution in [0.4, 0.5) is 0 Å². The number of rotatable bonds is 0. The summed E-state index contributed by atoms with van der Waals surface area (Å²) in [5, 5.41) is 0. The molecule has 1 saturated carbocycles. The van der Waals surface area contributed by atoms with Crippen LogP contribution in [0, 0.1) is 11.8 Å². The van der Waals surface area contributed by atoms with Gasteiger partial charge in [-0.3, -0.25) is 0 Å². The van der Waals surface area contributed by atoms with Crippen LogP contribution in [0.15, 0.2) is 0 Å². The van der Waals surface area contributed by atoms with E-state index in [2.05, 4.69) is 13.1 Å². The molecule has 0 aromatic carbocycles. The van der Waals surface area contributed by atoms with E-state index in [4.69, 9.17) is 0 Å². The van der Waals surface area contributed by atoms with Crippen LogP contribution in [0.3, 0.4) is 0 Å². The smallest absolute Gasteiger partial charge is 0.0291 e. The molecule has 1 aliphatic heterocycles. The number of hydrogen-bond donors (Lipinski definition) is 0. The summed E-state index contributed by atoms with van der Waals surface area (Å²) >= 11 is 0. The summed E-state index contributed by atoms with van der Waals surface area (Å²) in [6.45, 7) is 2.48. The van der Waals surface area contributed by atoms with Gasteiger partial charge in [-0.2, -0.15) is 0 Å². The summed E-state index contributed by atoms with van der Waals surface area (Å²) < 4.78 is 0. The first-order valence-corrected chi connectivity index (χ1v) is 7.47. The maximum atomic E-state index is 2.49. The lowest BCUT2D eigenvalue weighted by atomic mass is 9.70. The molecule has 12 heavy (non-hydrogen) atoms. The molecule has 1 spiro atoms. The van der Waals surface area contributed by atoms with Gasteiger partial charge in [0.1, 0.15) is 0 Å². The quantitative estimate of drug-likeness (QED) is 0.503. The molecule has 0 N–H and O–H groups in total. The zero-order valence-electron chi connectivity index (χ0n) is 8.18. The van der Waals surface area contributed by atoms with Crippen molar-refractivity contribution in [3.63, 3.8) is 0 Å². The molecular weight excluding hydrogens is 163 g/mol. The molecular formula is C11H20P. The molecule has 1 heteroatoms. The Morgan fingerprint density at radius 1 is 1.00 bits per heavy atom. The summed E-state index contributed by atoms with van der Waals surface area (Å²) in [6, 6.07) is 0. The summed E-state index contributed by atoms with van der Waals surface area (Å²) in [7, 11) is 0.447. The highest BCUT2D eigenvalue weighted by Gasteiger charge is 2.34. The Morgan fingerprint density at radius 3 is 2.17 bits per heavy atom. The average Bonchev–Trinajstić information content (AvgIpc) is 2.13. The van der Waals surface area contributed by atoms with E-state index in [9.17, 15) is 0 Å². The predicted octanol–water partition coefficient (Wildman–Crippen LogP) is 3.66. The monoisotopic (exact) mass is 183 g/mol. The standard InChI is InChI=1S/C11H20P/c1-12-9-7-11(8-10-12)5-3-2-4-6-11/h2H,3-10H2,1H3.